The molecule has 4 rings (SSSR count). The highest BCUT2D eigenvalue weighted by molar-refractivity contribution is 7.89. The summed E-state index contributed by atoms with van der Waals surface area (Å²) in [5.41, 5.74) is 5.90. The van der Waals surface area contributed by atoms with Gasteiger partial charge in [0.05, 0.1) is 15.6 Å². The van der Waals surface area contributed by atoms with Gasteiger partial charge >= 0.3 is 0 Å². The summed E-state index contributed by atoms with van der Waals surface area (Å²) in [6.07, 6.45) is 1.55. The highest BCUT2D eigenvalue weighted by atomic mass is 35.5. The number of aromatic nitrogens is 2. The van der Waals surface area contributed by atoms with Gasteiger partial charge in [-0.25, -0.2) is 13.4 Å². The van der Waals surface area contributed by atoms with E-state index in [1.54, 1.807) is 22.6 Å². The number of piperazine rings is 1. The summed E-state index contributed by atoms with van der Waals surface area (Å²) >= 11 is 5.98. The average Bonchev–Trinajstić information content (AvgIpc) is 2.77. The lowest BCUT2D eigenvalue weighted by molar-refractivity contribution is 0.180. The normalized spacial score (nSPS) is 15.9. The number of pyridine rings is 1. The summed E-state index contributed by atoms with van der Waals surface area (Å²) in [4.78, 5) is 19.6. The zero-order chi connectivity index (χ0) is 24.1. The van der Waals surface area contributed by atoms with Crippen molar-refractivity contribution >= 4 is 27.3 Å². The topological polar surface area (TPSA) is 75.0 Å². The number of sulfonamides is 1. The first-order valence-electron chi connectivity index (χ1n) is 11.0. The van der Waals surface area contributed by atoms with Crippen molar-refractivity contribution in [2.24, 2.45) is 0 Å². The first-order chi connectivity index (χ1) is 15.5. The lowest BCUT2D eigenvalue weighted by Crippen LogP contribution is -2.48. The predicted octanol–water partition coefficient (Wildman–Crippen LogP) is 3.40. The molecule has 33 heavy (non-hydrogen) atoms. The second-order valence-electron chi connectivity index (χ2n) is 8.80. The SMILES string of the molecule is Cc1c(C)c(C)c(S(=O)(=O)N2CCN(Cc3cc(=O)n4cc(Cl)ccc4n3)CC2)c(C)c1C. The van der Waals surface area contributed by atoms with Crippen molar-refractivity contribution in [3.05, 3.63) is 73.3 Å². The molecule has 1 fully saturated rings. The molecule has 9 heteroatoms. The Morgan fingerprint density at radius 2 is 1.48 bits per heavy atom. The minimum absolute atomic E-state index is 0.185. The average molecular weight is 489 g/mol. The lowest BCUT2D eigenvalue weighted by atomic mass is 9.95. The molecule has 0 spiro atoms. The molecular formula is C24H29ClN4O3S. The molecule has 2 aromatic heterocycles. The Labute approximate surface area is 199 Å². The molecule has 0 radical (unpaired) electrons. The number of nitrogens with zero attached hydrogens (tertiary/aromatic N) is 4. The maximum absolute atomic E-state index is 13.6. The van der Waals surface area contributed by atoms with Gasteiger partial charge < -0.3 is 0 Å². The summed E-state index contributed by atoms with van der Waals surface area (Å²) < 4.78 is 30.1. The number of benzene rings is 1. The summed E-state index contributed by atoms with van der Waals surface area (Å²) in [7, 11) is -3.60. The van der Waals surface area contributed by atoms with Crippen molar-refractivity contribution in [2.75, 3.05) is 26.2 Å². The summed E-state index contributed by atoms with van der Waals surface area (Å²) in [6.45, 7) is 12.2. The second kappa shape index (κ2) is 8.83. The van der Waals surface area contributed by atoms with E-state index < -0.39 is 10.0 Å². The zero-order valence-electron chi connectivity index (χ0n) is 19.6. The molecule has 0 unspecified atom stereocenters. The molecule has 1 saturated heterocycles. The summed E-state index contributed by atoms with van der Waals surface area (Å²) in [5.74, 6) is 0. The molecule has 1 aliphatic rings. The van der Waals surface area contributed by atoms with Crippen LogP contribution in [-0.4, -0.2) is 53.2 Å². The van der Waals surface area contributed by atoms with E-state index in [0.717, 1.165) is 27.8 Å². The van der Waals surface area contributed by atoms with Crippen LogP contribution in [0, 0.1) is 34.6 Å². The van der Waals surface area contributed by atoms with Crippen LogP contribution in [0.3, 0.4) is 0 Å². The molecule has 7 nitrogen and oxygen atoms in total. The molecule has 176 valence electrons. The molecule has 1 aromatic carbocycles. The Hall–Kier alpha value is -2.26. The van der Waals surface area contributed by atoms with Crippen molar-refractivity contribution in [1.29, 1.82) is 0 Å². The van der Waals surface area contributed by atoms with Crippen LogP contribution in [0.2, 0.25) is 5.02 Å². The van der Waals surface area contributed by atoms with Crippen molar-refractivity contribution < 1.29 is 8.42 Å². The van der Waals surface area contributed by atoms with Gasteiger partial charge in [-0.15, -0.1) is 0 Å². The molecule has 0 bridgehead atoms. The van der Waals surface area contributed by atoms with E-state index in [1.807, 2.05) is 34.6 Å². The molecule has 3 aromatic rings. The maximum atomic E-state index is 13.6. The van der Waals surface area contributed by atoms with Gasteiger partial charge in [0, 0.05) is 45.0 Å². The second-order valence-corrected chi connectivity index (χ2v) is 11.1. The fourth-order valence-electron chi connectivity index (χ4n) is 4.55. The summed E-state index contributed by atoms with van der Waals surface area (Å²) in [6, 6.07) is 4.93. The monoisotopic (exact) mass is 488 g/mol. The third-order valence-electron chi connectivity index (χ3n) is 6.92. The molecular weight excluding hydrogens is 460 g/mol. The number of fused-ring (bicyclic) bond motifs is 1. The number of rotatable bonds is 4. The van der Waals surface area contributed by atoms with Crippen molar-refractivity contribution in [3.8, 4) is 0 Å². The Kier molecular flexibility index (Phi) is 6.39. The van der Waals surface area contributed by atoms with E-state index in [0.29, 0.717) is 54.0 Å². The van der Waals surface area contributed by atoms with Crippen LogP contribution in [0.1, 0.15) is 33.5 Å². The van der Waals surface area contributed by atoms with E-state index in [4.69, 9.17) is 11.6 Å². The molecule has 0 saturated carbocycles. The van der Waals surface area contributed by atoms with Crippen LogP contribution in [0.5, 0.6) is 0 Å². The highest BCUT2D eigenvalue weighted by Crippen LogP contribution is 2.32. The largest absolute Gasteiger partial charge is 0.295 e. The molecule has 0 amide bonds. The first kappa shape index (κ1) is 23.9. The van der Waals surface area contributed by atoms with E-state index in [9.17, 15) is 13.2 Å². The summed E-state index contributed by atoms with van der Waals surface area (Å²) in [5, 5.41) is 0.473. The predicted molar refractivity (Wildman–Crippen MR) is 131 cm³/mol. The van der Waals surface area contributed by atoms with E-state index >= 15 is 0 Å². The van der Waals surface area contributed by atoms with Crippen LogP contribution < -0.4 is 5.56 Å². The highest BCUT2D eigenvalue weighted by Gasteiger charge is 2.32. The quantitative estimate of drug-likeness (QED) is 0.562. The van der Waals surface area contributed by atoms with Gasteiger partial charge in [0.2, 0.25) is 10.0 Å². The number of hydrogen-bond acceptors (Lipinski definition) is 5. The Morgan fingerprint density at radius 1 is 0.909 bits per heavy atom. The van der Waals surface area contributed by atoms with E-state index in [2.05, 4.69) is 9.88 Å². The Bertz CT molecular complexity index is 1380. The van der Waals surface area contributed by atoms with Gasteiger partial charge in [-0.3, -0.25) is 14.1 Å². The van der Waals surface area contributed by atoms with Crippen LogP contribution in [0.4, 0.5) is 0 Å². The van der Waals surface area contributed by atoms with Gasteiger partial charge in [0.15, 0.2) is 0 Å². The first-order valence-corrected chi connectivity index (χ1v) is 12.8. The molecule has 0 aliphatic carbocycles. The van der Waals surface area contributed by atoms with Crippen molar-refractivity contribution in [2.45, 2.75) is 46.1 Å². The van der Waals surface area contributed by atoms with Gasteiger partial charge in [0.1, 0.15) is 5.65 Å². The fraction of sp³-hybridized carbons (Fsp3) is 0.417. The lowest BCUT2D eigenvalue weighted by Gasteiger charge is -2.34. The maximum Gasteiger partial charge on any atom is 0.258 e. The Balaban J connectivity index is 1.52. The van der Waals surface area contributed by atoms with Gasteiger partial charge in [-0.05, 0) is 74.6 Å². The minimum atomic E-state index is -3.60. The van der Waals surface area contributed by atoms with Crippen LogP contribution in [0.25, 0.3) is 5.65 Å². The van der Waals surface area contributed by atoms with Crippen LogP contribution in [0.15, 0.2) is 34.1 Å². The van der Waals surface area contributed by atoms with Gasteiger partial charge in [-0.2, -0.15) is 4.31 Å². The Morgan fingerprint density at radius 3 is 2.09 bits per heavy atom. The minimum Gasteiger partial charge on any atom is -0.295 e. The fourth-order valence-corrected chi connectivity index (χ4v) is 6.69. The standard InChI is InChI=1S/C24H29ClN4O3S/c1-15-16(2)18(4)24(19(5)17(15)3)33(31,32)28-10-8-27(9-11-28)14-21-12-23(30)29-13-20(25)6-7-22(29)26-21/h6-7,12-13H,8-11,14H2,1-5H3. The molecule has 0 atom stereocenters. The third kappa shape index (κ3) is 4.33. The van der Waals surface area contributed by atoms with Crippen molar-refractivity contribution in [3.63, 3.8) is 0 Å². The molecule has 0 N–H and O–H groups in total. The van der Waals surface area contributed by atoms with E-state index in [1.165, 1.54) is 10.5 Å². The third-order valence-corrected chi connectivity index (χ3v) is 9.32. The molecule has 1 aliphatic heterocycles. The number of halogens is 1. The van der Waals surface area contributed by atoms with Crippen LogP contribution >= 0.6 is 11.6 Å². The van der Waals surface area contributed by atoms with E-state index in [-0.39, 0.29) is 5.56 Å². The smallest absolute Gasteiger partial charge is 0.258 e. The number of hydrogen-bond donors (Lipinski definition) is 0. The zero-order valence-corrected chi connectivity index (χ0v) is 21.2. The van der Waals surface area contributed by atoms with Crippen molar-refractivity contribution in [1.82, 2.24) is 18.6 Å². The van der Waals surface area contributed by atoms with Gasteiger partial charge in [-0.1, -0.05) is 11.6 Å². The van der Waals surface area contributed by atoms with Crippen LogP contribution in [-0.2, 0) is 16.6 Å². The van der Waals surface area contributed by atoms with Gasteiger partial charge in [0.25, 0.3) is 5.56 Å². The molecule has 3 heterocycles.